The molecule has 0 fully saturated rings. The van der Waals surface area contributed by atoms with E-state index in [2.05, 4.69) is 33.6 Å². The number of unbranched alkanes of at least 4 members (excludes halogenated alkanes) is 26. The Balaban J connectivity index is -0.000000740. The SMILES string of the molecule is C=C(C)C(=O)O.C=C(CCCCCCCCCCCCC)C(=O)O.C=C(CCCCCCCCCCCCCCCCCCC)C(=O)O. The van der Waals surface area contributed by atoms with E-state index in [1.54, 1.807) is 0 Å². The molecule has 0 aliphatic carbocycles. The molecule has 0 saturated heterocycles. The quantitative estimate of drug-likeness (QED) is 0.0470. The summed E-state index contributed by atoms with van der Waals surface area (Å²) in [6.07, 6.45) is 38.5. The van der Waals surface area contributed by atoms with Crippen LogP contribution >= 0.6 is 0 Å². The molecule has 0 radical (unpaired) electrons. The van der Waals surface area contributed by atoms with Crippen molar-refractivity contribution in [3.8, 4) is 0 Å². The van der Waals surface area contributed by atoms with Crippen LogP contribution in [0.5, 0.6) is 0 Å². The molecule has 3 N–H and O–H groups in total. The molecule has 0 bridgehead atoms. The van der Waals surface area contributed by atoms with Gasteiger partial charge in [-0.1, -0.05) is 201 Å². The molecule has 0 amide bonds. The van der Waals surface area contributed by atoms with Gasteiger partial charge >= 0.3 is 17.9 Å². The predicted octanol–water partition coefficient (Wildman–Crippen LogP) is 13.6. The number of hydrogen-bond acceptors (Lipinski definition) is 3. The molecule has 0 aliphatic heterocycles. The first-order valence-corrected chi connectivity index (χ1v) is 19.7. The summed E-state index contributed by atoms with van der Waals surface area (Å²) in [6.45, 7) is 16.2. The summed E-state index contributed by atoms with van der Waals surface area (Å²) >= 11 is 0. The van der Waals surface area contributed by atoms with Gasteiger partial charge in [0.1, 0.15) is 0 Å². The zero-order valence-electron chi connectivity index (χ0n) is 31.9. The molecule has 0 rings (SSSR count). The van der Waals surface area contributed by atoms with Crippen LogP contribution in [-0.2, 0) is 14.4 Å². The molecule has 0 heterocycles. The molecule has 0 spiro atoms. The molecular formula is C42H78O6. The lowest BCUT2D eigenvalue weighted by atomic mass is 10.0. The molecule has 0 saturated carbocycles. The van der Waals surface area contributed by atoms with Crippen LogP contribution in [0.2, 0.25) is 0 Å². The first-order chi connectivity index (χ1) is 23.0. The van der Waals surface area contributed by atoms with E-state index in [-0.39, 0.29) is 5.57 Å². The smallest absolute Gasteiger partial charge is 0.330 e. The summed E-state index contributed by atoms with van der Waals surface area (Å²) < 4.78 is 0. The number of carbonyl (C=O) groups is 3. The van der Waals surface area contributed by atoms with Crippen LogP contribution < -0.4 is 0 Å². The average molecular weight is 679 g/mol. The maximum absolute atomic E-state index is 10.6. The van der Waals surface area contributed by atoms with Gasteiger partial charge in [0.25, 0.3) is 0 Å². The molecule has 6 heteroatoms. The molecule has 0 aromatic rings. The highest BCUT2D eigenvalue weighted by molar-refractivity contribution is 5.86. The van der Waals surface area contributed by atoms with Crippen molar-refractivity contribution < 1.29 is 29.7 Å². The molecule has 0 atom stereocenters. The van der Waals surface area contributed by atoms with Gasteiger partial charge in [0.15, 0.2) is 0 Å². The van der Waals surface area contributed by atoms with Gasteiger partial charge < -0.3 is 15.3 Å². The van der Waals surface area contributed by atoms with Crippen LogP contribution in [0.25, 0.3) is 0 Å². The largest absolute Gasteiger partial charge is 0.478 e. The summed E-state index contributed by atoms with van der Waals surface area (Å²) in [5, 5.41) is 25.3. The predicted molar refractivity (Wildman–Crippen MR) is 206 cm³/mol. The fourth-order valence-corrected chi connectivity index (χ4v) is 5.28. The standard InChI is InChI=1S/C22H42O2.C16H30O2.C4H6O2/c1-3-4-5-6-7-8-9-10-11-12-13-14-15-16-17-18-19-20-21(2)22(23)24;1-3-4-5-6-7-8-9-10-11-12-13-14-15(2)16(17)18;1-3(2)4(5)6/h2-20H2,1H3,(H,23,24);2-14H2,1H3,(H,17,18);1H2,2H3,(H,5,6). The lowest BCUT2D eigenvalue weighted by Crippen LogP contribution is -1.98. The van der Waals surface area contributed by atoms with Crippen LogP contribution in [-0.4, -0.2) is 33.2 Å². The Morgan fingerprint density at radius 3 is 0.667 bits per heavy atom. The van der Waals surface area contributed by atoms with Crippen LogP contribution in [0, 0.1) is 0 Å². The van der Waals surface area contributed by atoms with Crippen molar-refractivity contribution >= 4 is 17.9 Å². The lowest BCUT2D eigenvalue weighted by molar-refractivity contribution is -0.133. The van der Waals surface area contributed by atoms with Gasteiger partial charge in [0.05, 0.1) is 0 Å². The number of aliphatic carboxylic acids is 3. The van der Waals surface area contributed by atoms with Crippen LogP contribution in [0.15, 0.2) is 36.5 Å². The minimum atomic E-state index is -0.935. The number of carboxylic acids is 3. The second-order valence-electron chi connectivity index (χ2n) is 13.6. The lowest BCUT2D eigenvalue weighted by Gasteiger charge is -2.04. The fraction of sp³-hybridized carbons (Fsp3) is 0.786. The number of hydrogen-bond donors (Lipinski definition) is 3. The van der Waals surface area contributed by atoms with Crippen molar-refractivity contribution in [2.45, 2.75) is 213 Å². The molecule has 6 nitrogen and oxygen atoms in total. The van der Waals surface area contributed by atoms with E-state index in [0.29, 0.717) is 24.0 Å². The Morgan fingerprint density at radius 1 is 0.354 bits per heavy atom. The summed E-state index contributed by atoms with van der Waals surface area (Å²) in [4.78, 5) is 30.7. The summed E-state index contributed by atoms with van der Waals surface area (Å²) in [5.74, 6) is -2.62. The van der Waals surface area contributed by atoms with Crippen LogP contribution in [0.3, 0.4) is 0 Å². The number of carboxylic acid groups (broad SMARTS) is 3. The first-order valence-electron chi connectivity index (χ1n) is 19.7. The third-order valence-corrected chi connectivity index (χ3v) is 8.63. The first kappa shape index (κ1) is 50.0. The Labute approximate surface area is 297 Å². The second kappa shape index (κ2) is 40.8. The highest BCUT2D eigenvalue weighted by Gasteiger charge is 2.03. The van der Waals surface area contributed by atoms with Crippen LogP contribution in [0.1, 0.15) is 213 Å². The summed E-state index contributed by atoms with van der Waals surface area (Å²) in [7, 11) is 0. The van der Waals surface area contributed by atoms with Gasteiger partial charge in [-0.3, -0.25) is 0 Å². The van der Waals surface area contributed by atoms with Gasteiger partial charge in [0.2, 0.25) is 0 Å². The van der Waals surface area contributed by atoms with E-state index in [9.17, 15) is 14.4 Å². The summed E-state index contributed by atoms with van der Waals surface area (Å²) in [5.41, 5.74) is 0.886. The van der Waals surface area contributed by atoms with Crippen LogP contribution in [0.4, 0.5) is 0 Å². The normalized spacial score (nSPS) is 10.3. The van der Waals surface area contributed by atoms with E-state index >= 15 is 0 Å². The topological polar surface area (TPSA) is 112 Å². The van der Waals surface area contributed by atoms with Gasteiger partial charge in [-0.15, -0.1) is 0 Å². The highest BCUT2D eigenvalue weighted by Crippen LogP contribution is 2.16. The van der Waals surface area contributed by atoms with Crippen molar-refractivity contribution in [3.63, 3.8) is 0 Å². The van der Waals surface area contributed by atoms with Crippen molar-refractivity contribution in [2.75, 3.05) is 0 Å². The Kier molecular flexibility index (Phi) is 42.5. The van der Waals surface area contributed by atoms with E-state index in [4.69, 9.17) is 15.3 Å². The minimum absolute atomic E-state index is 0.176. The monoisotopic (exact) mass is 679 g/mol. The maximum atomic E-state index is 10.6. The van der Waals surface area contributed by atoms with Gasteiger partial charge in [0, 0.05) is 16.7 Å². The zero-order chi connectivity index (χ0) is 36.7. The maximum Gasteiger partial charge on any atom is 0.330 e. The fourth-order valence-electron chi connectivity index (χ4n) is 5.28. The Morgan fingerprint density at radius 2 is 0.521 bits per heavy atom. The average Bonchev–Trinajstić information content (AvgIpc) is 3.05. The highest BCUT2D eigenvalue weighted by atomic mass is 16.4. The summed E-state index contributed by atoms with van der Waals surface area (Å²) in [6, 6.07) is 0. The molecule has 0 aromatic heterocycles. The minimum Gasteiger partial charge on any atom is -0.478 e. The van der Waals surface area contributed by atoms with Gasteiger partial charge in [-0.2, -0.15) is 0 Å². The van der Waals surface area contributed by atoms with Crippen molar-refractivity contribution in [1.82, 2.24) is 0 Å². The van der Waals surface area contributed by atoms with E-state index in [1.165, 1.54) is 161 Å². The Bertz CT molecular complexity index is 788. The Hall–Kier alpha value is -2.37. The van der Waals surface area contributed by atoms with Crippen molar-refractivity contribution in [1.29, 1.82) is 0 Å². The van der Waals surface area contributed by atoms with Crippen molar-refractivity contribution in [2.24, 2.45) is 0 Å². The molecule has 282 valence electrons. The molecular weight excluding hydrogens is 600 g/mol. The van der Waals surface area contributed by atoms with Crippen molar-refractivity contribution in [3.05, 3.63) is 36.5 Å². The third kappa shape index (κ3) is 45.8. The third-order valence-electron chi connectivity index (χ3n) is 8.63. The van der Waals surface area contributed by atoms with E-state index < -0.39 is 17.9 Å². The number of rotatable bonds is 33. The van der Waals surface area contributed by atoms with Gasteiger partial charge in [-0.25, -0.2) is 14.4 Å². The molecule has 0 aromatic carbocycles. The van der Waals surface area contributed by atoms with E-state index in [0.717, 1.165) is 25.7 Å². The molecule has 48 heavy (non-hydrogen) atoms. The molecule has 0 aliphatic rings. The van der Waals surface area contributed by atoms with E-state index in [1.807, 2.05) is 0 Å². The zero-order valence-corrected chi connectivity index (χ0v) is 31.9. The second-order valence-corrected chi connectivity index (χ2v) is 13.6. The van der Waals surface area contributed by atoms with Gasteiger partial charge in [-0.05, 0) is 32.6 Å². The molecule has 0 unspecified atom stereocenters.